The molecule has 5 heteroatoms. The second-order valence-corrected chi connectivity index (χ2v) is 6.65. The van der Waals surface area contributed by atoms with Gasteiger partial charge in [-0.1, -0.05) is 6.07 Å². The maximum atomic E-state index is 13.3. The smallest absolute Gasteiger partial charge is 0.371 e. The molecule has 0 amide bonds. The number of nitrogens with one attached hydrogen (secondary N) is 1. The molecule has 0 spiro atoms. The van der Waals surface area contributed by atoms with Gasteiger partial charge in [0.25, 0.3) is 0 Å². The summed E-state index contributed by atoms with van der Waals surface area (Å²) in [6.07, 6.45) is -2.38. The van der Waals surface area contributed by atoms with Gasteiger partial charge in [0.2, 0.25) is 0 Å². The van der Waals surface area contributed by atoms with Gasteiger partial charge in [0.05, 0.1) is 5.56 Å². The maximum absolute atomic E-state index is 13.3. The van der Waals surface area contributed by atoms with Crippen molar-refractivity contribution in [3.8, 4) is 0 Å². The van der Waals surface area contributed by atoms with Crippen LogP contribution in [0.4, 0.5) is 18.9 Å². The predicted octanol–water partition coefficient (Wildman–Crippen LogP) is 4.19. The number of nitrogens with zero attached hydrogens (tertiary/aromatic N) is 1. The lowest BCUT2D eigenvalue weighted by atomic mass is 10.0. The minimum Gasteiger partial charge on any atom is -0.371 e. The Morgan fingerprint density at radius 1 is 1.10 bits per heavy atom. The topological polar surface area (TPSA) is 15.3 Å². The van der Waals surface area contributed by atoms with Gasteiger partial charge in [-0.3, -0.25) is 0 Å². The van der Waals surface area contributed by atoms with Crippen LogP contribution in [-0.2, 0) is 12.7 Å². The Kier molecular flexibility index (Phi) is 4.51. The van der Waals surface area contributed by atoms with Gasteiger partial charge >= 0.3 is 6.18 Å². The first-order chi connectivity index (χ1) is 9.67. The van der Waals surface area contributed by atoms with Gasteiger partial charge in [-0.15, -0.1) is 0 Å². The van der Waals surface area contributed by atoms with Gasteiger partial charge in [0, 0.05) is 30.9 Å². The number of hydrogen-bond donors (Lipinski definition) is 1. The van der Waals surface area contributed by atoms with Crippen LogP contribution in [-0.4, -0.2) is 18.6 Å². The molecule has 1 fully saturated rings. The third-order valence-corrected chi connectivity index (χ3v) is 3.64. The molecule has 0 aliphatic carbocycles. The van der Waals surface area contributed by atoms with Crippen molar-refractivity contribution in [3.05, 3.63) is 29.3 Å². The van der Waals surface area contributed by atoms with Crippen molar-refractivity contribution in [2.24, 2.45) is 0 Å². The highest BCUT2D eigenvalue weighted by molar-refractivity contribution is 5.57. The third-order valence-electron chi connectivity index (χ3n) is 3.64. The van der Waals surface area contributed by atoms with Crippen LogP contribution in [0.3, 0.4) is 0 Å². The molecule has 21 heavy (non-hydrogen) atoms. The molecule has 2 nitrogen and oxygen atoms in total. The average molecular weight is 300 g/mol. The quantitative estimate of drug-likeness (QED) is 0.900. The van der Waals surface area contributed by atoms with E-state index in [1.807, 2.05) is 25.7 Å². The molecule has 1 aliphatic rings. The van der Waals surface area contributed by atoms with Crippen LogP contribution in [0.15, 0.2) is 18.2 Å². The molecule has 2 rings (SSSR count). The minimum absolute atomic E-state index is 0.119. The molecule has 0 atom stereocenters. The summed E-state index contributed by atoms with van der Waals surface area (Å²) >= 11 is 0. The van der Waals surface area contributed by atoms with Gasteiger partial charge in [-0.05, 0) is 51.3 Å². The summed E-state index contributed by atoms with van der Waals surface area (Å²) in [4.78, 5) is 1.84. The lowest BCUT2D eigenvalue weighted by Crippen LogP contribution is -2.35. The Morgan fingerprint density at radius 3 is 2.24 bits per heavy atom. The molecule has 118 valence electrons. The van der Waals surface area contributed by atoms with E-state index in [4.69, 9.17) is 0 Å². The van der Waals surface area contributed by atoms with E-state index in [-0.39, 0.29) is 5.54 Å². The van der Waals surface area contributed by atoms with Crippen molar-refractivity contribution in [2.45, 2.75) is 51.9 Å². The fraction of sp³-hybridized carbons (Fsp3) is 0.625. The van der Waals surface area contributed by atoms with E-state index in [0.717, 1.165) is 12.8 Å². The number of alkyl halides is 3. The first kappa shape index (κ1) is 16.1. The highest BCUT2D eigenvalue weighted by Gasteiger charge is 2.35. The molecule has 1 N–H and O–H groups in total. The monoisotopic (exact) mass is 300 g/mol. The molecule has 0 aromatic heterocycles. The molecule has 1 saturated heterocycles. The number of halogens is 3. The zero-order valence-electron chi connectivity index (χ0n) is 12.8. The Morgan fingerprint density at radius 2 is 1.71 bits per heavy atom. The zero-order chi connectivity index (χ0) is 15.7. The van der Waals surface area contributed by atoms with Crippen molar-refractivity contribution >= 4 is 5.69 Å². The maximum Gasteiger partial charge on any atom is 0.418 e. The molecule has 1 aromatic carbocycles. The molecule has 1 heterocycles. The Hall–Kier alpha value is -1.23. The van der Waals surface area contributed by atoms with Crippen molar-refractivity contribution in [1.82, 2.24) is 5.32 Å². The van der Waals surface area contributed by atoms with Crippen LogP contribution in [0.5, 0.6) is 0 Å². The van der Waals surface area contributed by atoms with Crippen LogP contribution in [0.2, 0.25) is 0 Å². The molecular formula is C16H23F3N2. The summed E-state index contributed by atoms with van der Waals surface area (Å²) in [5, 5.41) is 3.22. The highest BCUT2D eigenvalue weighted by Crippen LogP contribution is 2.38. The van der Waals surface area contributed by atoms with Crippen LogP contribution in [0, 0.1) is 0 Å². The largest absolute Gasteiger partial charge is 0.418 e. The van der Waals surface area contributed by atoms with Crippen LogP contribution < -0.4 is 10.2 Å². The predicted molar refractivity (Wildman–Crippen MR) is 79.5 cm³/mol. The third kappa shape index (κ3) is 4.37. The van der Waals surface area contributed by atoms with Crippen LogP contribution in [0.25, 0.3) is 0 Å². The Labute approximate surface area is 124 Å². The number of rotatable bonds is 3. The number of anilines is 1. The second kappa shape index (κ2) is 5.87. The lowest BCUT2D eigenvalue weighted by Gasteiger charge is -2.24. The van der Waals surface area contributed by atoms with Crippen LogP contribution >= 0.6 is 0 Å². The second-order valence-electron chi connectivity index (χ2n) is 6.65. The molecule has 1 aliphatic heterocycles. The van der Waals surface area contributed by atoms with Crippen molar-refractivity contribution in [3.63, 3.8) is 0 Å². The minimum atomic E-state index is -4.31. The molecule has 0 saturated carbocycles. The van der Waals surface area contributed by atoms with E-state index in [1.54, 1.807) is 12.1 Å². The Bertz CT molecular complexity index is 483. The SMILES string of the molecule is CC(C)(C)NCc1ccc(N2CCCC2)c(C(F)(F)F)c1. The summed E-state index contributed by atoms with van der Waals surface area (Å²) in [6.45, 7) is 7.85. The van der Waals surface area contributed by atoms with Crippen molar-refractivity contribution < 1.29 is 13.2 Å². The van der Waals surface area contributed by atoms with Crippen molar-refractivity contribution in [2.75, 3.05) is 18.0 Å². The van der Waals surface area contributed by atoms with Crippen LogP contribution in [0.1, 0.15) is 44.7 Å². The van der Waals surface area contributed by atoms with Gasteiger partial charge < -0.3 is 10.2 Å². The molecule has 1 aromatic rings. The molecule has 0 bridgehead atoms. The average Bonchev–Trinajstić information content (AvgIpc) is 2.88. The number of benzene rings is 1. The van der Waals surface area contributed by atoms with Gasteiger partial charge in [0.1, 0.15) is 0 Å². The van der Waals surface area contributed by atoms with E-state index in [1.165, 1.54) is 6.07 Å². The van der Waals surface area contributed by atoms with E-state index in [9.17, 15) is 13.2 Å². The fourth-order valence-corrected chi connectivity index (χ4v) is 2.52. The van der Waals surface area contributed by atoms with Gasteiger partial charge in [0.15, 0.2) is 0 Å². The molecular weight excluding hydrogens is 277 g/mol. The summed E-state index contributed by atoms with van der Waals surface area (Å²) in [5.74, 6) is 0. The summed E-state index contributed by atoms with van der Waals surface area (Å²) < 4.78 is 39.9. The standard InChI is InChI=1S/C16H23F3N2/c1-15(2,3)20-11-12-6-7-14(21-8-4-5-9-21)13(10-12)16(17,18)19/h6-7,10,20H,4-5,8-9,11H2,1-3H3. The van der Waals surface area contributed by atoms with E-state index < -0.39 is 11.7 Å². The summed E-state index contributed by atoms with van der Waals surface area (Å²) in [6, 6.07) is 4.70. The normalized spacial score (nSPS) is 16.6. The van der Waals surface area contributed by atoms with E-state index in [0.29, 0.717) is 30.9 Å². The van der Waals surface area contributed by atoms with Crippen molar-refractivity contribution in [1.29, 1.82) is 0 Å². The summed E-state index contributed by atoms with van der Waals surface area (Å²) in [7, 11) is 0. The molecule has 0 radical (unpaired) electrons. The van der Waals surface area contributed by atoms with E-state index >= 15 is 0 Å². The number of hydrogen-bond acceptors (Lipinski definition) is 2. The molecule has 0 unspecified atom stereocenters. The first-order valence-corrected chi connectivity index (χ1v) is 7.37. The van der Waals surface area contributed by atoms with Gasteiger partial charge in [-0.25, -0.2) is 0 Å². The Balaban J connectivity index is 2.27. The van der Waals surface area contributed by atoms with Gasteiger partial charge in [-0.2, -0.15) is 13.2 Å². The zero-order valence-corrected chi connectivity index (χ0v) is 12.8. The first-order valence-electron chi connectivity index (χ1n) is 7.37. The summed E-state index contributed by atoms with van der Waals surface area (Å²) in [5.41, 5.74) is 0.351. The lowest BCUT2D eigenvalue weighted by molar-refractivity contribution is -0.137. The fourth-order valence-electron chi connectivity index (χ4n) is 2.52. The van der Waals surface area contributed by atoms with E-state index in [2.05, 4.69) is 5.32 Å². The highest BCUT2D eigenvalue weighted by atomic mass is 19.4.